The molecule has 2 N–H and O–H groups in total. The second kappa shape index (κ2) is 6.98. The molecule has 0 fully saturated rings. The summed E-state index contributed by atoms with van der Waals surface area (Å²) in [5, 5.41) is 5.68. The van der Waals surface area contributed by atoms with Crippen LogP contribution in [-0.4, -0.2) is 23.6 Å². The summed E-state index contributed by atoms with van der Waals surface area (Å²) in [5.41, 5.74) is 1.33. The molecule has 1 aliphatic heterocycles. The molecule has 2 amide bonds. The highest BCUT2D eigenvalue weighted by atomic mass is 32.2. The molecule has 1 aromatic carbocycles. The van der Waals surface area contributed by atoms with Crippen LogP contribution < -0.4 is 10.6 Å². The molecule has 0 spiro atoms. The molecule has 5 heteroatoms. The van der Waals surface area contributed by atoms with E-state index in [9.17, 15) is 9.59 Å². The lowest BCUT2D eigenvalue weighted by Crippen LogP contribution is -2.28. The number of hydrogen-bond donors (Lipinski definition) is 2. The van der Waals surface area contributed by atoms with Gasteiger partial charge in [-0.15, -0.1) is 11.8 Å². The highest BCUT2D eigenvalue weighted by molar-refractivity contribution is 8.00. The SMILES string of the molecule is CC(C)CCCNC(=O)c1ccc2c(c1)NC(=O)C(C)S2. The number of thioether (sulfide) groups is 1. The topological polar surface area (TPSA) is 58.2 Å². The second-order valence-corrected chi connectivity index (χ2v) is 7.13. The zero-order valence-electron chi connectivity index (χ0n) is 12.7. The molecule has 1 unspecified atom stereocenters. The first-order valence-electron chi connectivity index (χ1n) is 7.37. The van der Waals surface area contributed by atoms with Crippen LogP contribution in [0.2, 0.25) is 0 Å². The van der Waals surface area contributed by atoms with Gasteiger partial charge in [-0.25, -0.2) is 0 Å². The molecule has 0 saturated heterocycles. The van der Waals surface area contributed by atoms with Gasteiger partial charge in [0.2, 0.25) is 5.91 Å². The van der Waals surface area contributed by atoms with Gasteiger partial charge in [0.05, 0.1) is 10.9 Å². The quantitative estimate of drug-likeness (QED) is 0.821. The number of benzene rings is 1. The first-order valence-corrected chi connectivity index (χ1v) is 8.25. The van der Waals surface area contributed by atoms with Crippen molar-refractivity contribution in [1.82, 2.24) is 5.32 Å². The zero-order chi connectivity index (χ0) is 15.4. The van der Waals surface area contributed by atoms with Crippen molar-refractivity contribution in [2.24, 2.45) is 5.92 Å². The van der Waals surface area contributed by atoms with Crippen LogP contribution in [0.25, 0.3) is 0 Å². The van der Waals surface area contributed by atoms with Crippen molar-refractivity contribution in [3.63, 3.8) is 0 Å². The van der Waals surface area contributed by atoms with Crippen LogP contribution in [-0.2, 0) is 4.79 Å². The molecule has 1 atom stereocenters. The predicted octanol–water partition coefficient (Wildman–Crippen LogP) is 3.29. The Balaban J connectivity index is 1.97. The summed E-state index contributed by atoms with van der Waals surface area (Å²) in [4.78, 5) is 24.8. The number of carbonyl (C=O) groups is 2. The van der Waals surface area contributed by atoms with Gasteiger partial charge in [0.25, 0.3) is 5.91 Å². The van der Waals surface area contributed by atoms with E-state index in [1.54, 1.807) is 6.07 Å². The molecule has 1 heterocycles. The van der Waals surface area contributed by atoms with Gasteiger partial charge >= 0.3 is 0 Å². The molecular weight excluding hydrogens is 284 g/mol. The minimum atomic E-state index is -0.0896. The summed E-state index contributed by atoms with van der Waals surface area (Å²) < 4.78 is 0. The number of anilines is 1. The molecule has 21 heavy (non-hydrogen) atoms. The zero-order valence-corrected chi connectivity index (χ0v) is 13.5. The Morgan fingerprint density at radius 3 is 2.90 bits per heavy atom. The predicted molar refractivity (Wildman–Crippen MR) is 86.8 cm³/mol. The van der Waals surface area contributed by atoms with Gasteiger partial charge in [-0.05, 0) is 43.9 Å². The molecule has 0 aliphatic carbocycles. The van der Waals surface area contributed by atoms with Crippen LogP contribution in [0.1, 0.15) is 44.0 Å². The maximum atomic E-state index is 12.1. The van der Waals surface area contributed by atoms with Crippen LogP contribution in [0.15, 0.2) is 23.1 Å². The van der Waals surface area contributed by atoms with Gasteiger partial charge in [-0.1, -0.05) is 13.8 Å². The maximum Gasteiger partial charge on any atom is 0.251 e. The summed E-state index contributed by atoms with van der Waals surface area (Å²) in [6.45, 7) is 6.91. The Bertz CT molecular complexity index is 543. The number of carbonyl (C=O) groups excluding carboxylic acids is 2. The second-order valence-electron chi connectivity index (χ2n) is 5.75. The van der Waals surface area contributed by atoms with E-state index in [4.69, 9.17) is 0 Å². The third kappa shape index (κ3) is 4.24. The van der Waals surface area contributed by atoms with E-state index in [1.807, 2.05) is 19.1 Å². The van der Waals surface area contributed by atoms with Crippen LogP contribution in [0, 0.1) is 5.92 Å². The van der Waals surface area contributed by atoms with Gasteiger partial charge in [-0.2, -0.15) is 0 Å². The molecule has 0 aromatic heterocycles. The Labute approximate surface area is 130 Å². The van der Waals surface area contributed by atoms with Crippen molar-refractivity contribution in [1.29, 1.82) is 0 Å². The van der Waals surface area contributed by atoms with E-state index in [1.165, 1.54) is 11.8 Å². The lowest BCUT2D eigenvalue weighted by Gasteiger charge is -2.21. The maximum absolute atomic E-state index is 12.1. The standard InChI is InChI=1S/C16H22N2O2S/c1-10(2)5-4-8-17-16(20)12-6-7-14-13(9-12)18-15(19)11(3)21-14/h6-7,9-11H,4-5,8H2,1-3H3,(H,17,20)(H,18,19). The third-order valence-electron chi connectivity index (χ3n) is 3.42. The van der Waals surface area contributed by atoms with Gasteiger partial charge in [0.1, 0.15) is 0 Å². The number of amides is 2. The monoisotopic (exact) mass is 306 g/mol. The van der Waals surface area contributed by atoms with Crippen molar-refractivity contribution in [2.75, 3.05) is 11.9 Å². The van der Waals surface area contributed by atoms with Gasteiger partial charge < -0.3 is 10.6 Å². The molecule has 0 saturated carbocycles. The third-order valence-corrected chi connectivity index (χ3v) is 4.59. The summed E-state index contributed by atoms with van der Waals surface area (Å²) >= 11 is 1.52. The van der Waals surface area contributed by atoms with Crippen LogP contribution >= 0.6 is 11.8 Å². The first-order chi connectivity index (χ1) is 9.97. The molecule has 4 nitrogen and oxygen atoms in total. The highest BCUT2D eigenvalue weighted by Crippen LogP contribution is 2.35. The Morgan fingerprint density at radius 1 is 1.43 bits per heavy atom. The minimum absolute atomic E-state index is 0.0120. The average molecular weight is 306 g/mol. The molecular formula is C16H22N2O2S. The number of rotatable bonds is 5. The Hall–Kier alpha value is -1.49. The molecule has 1 aromatic rings. The van der Waals surface area contributed by atoms with E-state index in [-0.39, 0.29) is 17.1 Å². The molecule has 114 valence electrons. The lowest BCUT2D eigenvalue weighted by atomic mass is 10.1. The van der Waals surface area contributed by atoms with Crippen LogP contribution in [0.4, 0.5) is 5.69 Å². The van der Waals surface area contributed by atoms with E-state index in [0.29, 0.717) is 18.0 Å². The van der Waals surface area contributed by atoms with Crippen molar-refractivity contribution < 1.29 is 9.59 Å². The summed E-state index contributed by atoms with van der Waals surface area (Å²) in [7, 11) is 0. The first kappa shape index (κ1) is 15.9. The van der Waals surface area contributed by atoms with Crippen LogP contribution in [0.3, 0.4) is 0 Å². The fourth-order valence-electron chi connectivity index (χ4n) is 2.16. The average Bonchev–Trinajstić information content (AvgIpc) is 2.44. The van der Waals surface area contributed by atoms with Gasteiger partial charge in [0, 0.05) is 17.0 Å². The molecule has 0 radical (unpaired) electrons. The van der Waals surface area contributed by atoms with Gasteiger partial charge in [0.15, 0.2) is 0 Å². The smallest absolute Gasteiger partial charge is 0.251 e. The van der Waals surface area contributed by atoms with Crippen molar-refractivity contribution in [3.8, 4) is 0 Å². The fraction of sp³-hybridized carbons (Fsp3) is 0.500. The Morgan fingerprint density at radius 2 is 2.19 bits per heavy atom. The highest BCUT2D eigenvalue weighted by Gasteiger charge is 2.23. The molecule has 2 rings (SSSR count). The van der Waals surface area contributed by atoms with Gasteiger partial charge in [-0.3, -0.25) is 9.59 Å². The van der Waals surface area contributed by atoms with E-state index < -0.39 is 0 Å². The van der Waals surface area contributed by atoms with E-state index in [0.717, 1.165) is 23.4 Å². The summed E-state index contributed by atoms with van der Waals surface area (Å²) in [6.07, 6.45) is 2.09. The summed E-state index contributed by atoms with van der Waals surface area (Å²) in [5.74, 6) is 0.557. The number of fused-ring (bicyclic) bond motifs is 1. The lowest BCUT2D eigenvalue weighted by molar-refractivity contribution is -0.115. The van der Waals surface area contributed by atoms with Crippen molar-refractivity contribution >= 4 is 29.3 Å². The largest absolute Gasteiger partial charge is 0.352 e. The molecule has 0 bridgehead atoms. The number of hydrogen-bond acceptors (Lipinski definition) is 3. The summed E-state index contributed by atoms with van der Waals surface area (Å²) in [6, 6.07) is 5.47. The molecule has 1 aliphatic rings. The minimum Gasteiger partial charge on any atom is -0.352 e. The Kier molecular flexibility index (Phi) is 5.28. The fourth-order valence-corrected chi connectivity index (χ4v) is 3.09. The van der Waals surface area contributed by atoms with E-state index in [2.05, 4.69) is 24.5 Å². The van der Waals surface area contributed by atoms with Crippen LogP contribution in [0.5, 0.6) is 0 Å². The normalized spacial score (nSPS) is 17.3. The van der Waals surface area contributed by atoms with Crippen molar-refractivity contribution in [2.45, 2.75) is 43.8 Å². The number of nitrogens with one attached hydrogen (secondary N) is 2. The van der Waals surface area contributed by atoms with Crippen molar-refractivity contribution in [3.05, 3.63) is 23.8 Å². The van der Waals surface area contributed by atoms with E-state index >= 15 is 0 Å².